The van der Waals surface area contributed by atoms with Gasteiger partial charge in [-0.25, -0.2) is 9.78 Å². The fourth-order valence-electron chi connectivity index (χ4n) is 3.51. The Hall–Kier alpha value is -2.34. The number of furan rings is 1. The van der Waals surface area contributed by atoms with Gasteiger partial charge in [0, 0.05) is 38.3 Å². The topological polar surface area (TPSA) is 69.8 Å². The Labute approximate surface area is 147 Å². The lowest BCUT2D eigenvalue weighted by molar-refractivity contribution is 0.0697. The van der Waals surface area contributed by atoms with E-state index >= 15 is 0 Å². The predicted molar refractivity (Wildman–Crippen MR) is 94.0 cm³/mol. The summed E-state index contributed by atoms with van der Waals surface area (Å²) >= 11 is 0. The summed E-state index contributed by atoms with van der Waals surface area (Å²) in [7, 11) is 1.96. The average Bonchev–Trinajstić information content (AvgIpc) is 3.36. The molecular weight excluding hydrogens is 318 g/mol. The molecule has 6 nitrogen and oxygen atoms in total. The van der Waals surface area contributed by atoms with E-state index < -0.39 is 5.97 Å². The molecule has 0 amide bonds. The average molecular weight is 341 g/mol. The van der Waals surface area contributed by atoms with Gasteiger partial charge in [-0.15, -0.1) is 0 Å². The summed E-state index contributed by atoms with van der Waals surface area (Å²) in [6, 6.07) is 6.17. The molecule has 3 heterocycles. The number of carboxylic acid groups (broad SMARTS) is 1. The Bertz CT molecular complexity index is 768. The number of carbonyl (C=O) groups is 1. The Morgan fingerprint density at radius 1 is 1.40 bits per heavy atom. The number of carboxylic acids is 1. The van der Waals surface area contributed by atoms with E-state index in [9.17, 15) is 9.90 Å². The molecular formula is C19H23N3O3. The van der Waals surface area contributed by atoms with Crippen LogP contribution in [-0.4, -0.2) is 47.1 Å². The van der Waals surface area contributed by atoms with E-state index in [0.717, 1.165) is 62.3 Å². The summed E-state index contributed by atoms with van der Waals surface area (Å²) in [5, 5.41) is 9.62. The Balaban J connectivity index is 1.58. The Morgan fingerprint density at radius 3 is 2.88 bits per heavy atom. The van der Waals surface area contributed by atoms with Crippen LogP contribution in [0.1, 0.15) is 40.2 Å². The van der Waals surface area contributed by atoms with Crippen LogP contribution < -0.4 is 4.90 Å². The molecule has 0 aromatic carbocycles. The molecule has 0 spiro atoms. The fraction of sp³-hybridized carbons (Fsp3) is 0.474. The third-order valence-electron chi connectivity index (χ3n) is 5.15. The van der Waals surface area contributed by atoms with Gasteiger partial charge in [-0.05, 0) is 43.0 Å². The first-order valence-corrected chi connectivity index (χ1v) is 8.85. The largest absolute Gasteiger partial charge is 0.478 e. The normalized spacial score (nSPS) is 17.8. The van der Waals surface area contributed by atoms with Crippen LogP contribution in [0, 0.1) is 0 Å². The van der Waals surface area contributed by atoms with E-state index in [4.69, 9.17) is 9.40 Å². The molecule has 1 aliphatic heterocycles. The summed E-state index contributed by atoms with van der Waals surface area (Å²) in [4.78, 5) is 20.9. The van der Waals surface area contributed by atoms with Gasteiger partial charge in [-0.1, -0.05) is 0 Å². The number of pyridine rings is 1. The van der Waals surface area contributed by atoms with Crippen molar-refractivity contribution in [3.05, 3.63) is 47.0 Å². The minimum Gasteiger partial charge on any atom is -0.478 e. The van der Waals surface area contributed by atoms with Crippen molar-refractivity contribution in [1.82, 2.24) is 9.88 Å². The lowest BCUT2D eigenvalue weighted by Gasteiger charge is -2.21. The quantitative estimate of drug-likeness (QED) is 0.901. The number of hydrogen-bond donors (Lipinski definition) is 1. The number of hydrogen-bond acceptors (Lipinski definition) is 5. The van der Waals surface area contributed by atoms with Gasteiger partial charge >= 0.3 is 5.97 Å². The second-order valence-corrected chi connectivity index (χ2v) is 6.97. The zero-order chi connectivity index (χ0) is 17.4. The maximum Gasteiger partial charge on any atom is 0.339 e. The lowest BCUT2D eigenvalue weighted by Crippen LogP contribution is -2.25. The highest BCUT2D eigenvalue weighted by Crippen LogP contribution is 2.32. The van der Waals surface area contributed by atoms with Crippen LogP contribution in [0.2, 0.25) is 0 Å². The van der Waals surface area contributed by atoms with Gasteiger partial charge < -0.3 is 14.4 Å². The summed E-state index contributed by atoms with van der Waals surface area (Å²) < 4.78 is 5.45. The van der Waals surface area contributed by atoms with Gasteiger partial charge in [0.2, 0.25) is 0 Å². The van der Waals surface area contributed by atoms with Gasteiger partial charge in [0.05, 0.1) is 12.8 Å². The molecule has 2 aromatic rings. The van der Waals surface area contributed by atoms with Crippen molar-refractivity contribution in [2.75, 3.05) is 25.0 Å². The summed E-state index contributed by atoms with van der Waals surface area (Å²) in [6.45, 7) is 2.56. The third kappa shape index (κ3) is 3.39. The van der Waals surface area contributed by atoms with Crippen LogP contribution in [-0.2, 0) is 19.4 Å². The van der Waals surface area contributed by atoms with Crippen molar-refractivity contribution in [3.63, 3.8) is 0 Å². The summed E-state index contributed by atoms with van der Waals surface area (Å²) in [5.74, 6) is 0.682. The molecule has 1 fully saturated rings. The van der Waals surface area contributed by atoms with Crippen molar-refractivity contribution in [2.24, 2.45) is 0 Å². The third-order valence-corrected chi connectivity index (χ3v) is 5.15. The van der Waals surface area contributed by atoms with E-state index in [2.05, 4.69) is 4.90 Å². The van der Waals surface area contributed by atoms with Crippen LogP contribution in [0.15, 0.2) is 28.9 Å². The minimum absolute atomic E-state index is 0.327. The number of aromatic nitrogens is 1. The zero-order valence-electron chi connectivity index (χ0n) is 14.4. The second-order valence-electron chi connectivity index (χ2n) is 6.97. The van der Waals surface area contributed by atoms with Crippen LogP contribution in [0.25, 0.3) is 0 Å². The molecule has 1 aliphatic carbocycles. The van der Waals surface area contributed by atoms with Crippen molar-refractivity contribution in [3.8, 4) is 0 Å². The molecule has 132 valence electrons. The zero-order valence-corrected chi connectivity index (χ0v) is 14.4. The molecule has 0 atom stereocenters. The molecule has 2 aromatic heterocycles. The fourth-order valence-corrected chi connectivity index (χ4v) is 3.51. The molecule has 2 aliphatic rings. The van der Waals surface area contributed by atoms with Gasteiger partial charge in [-0.3, -0.25) is 4.90 Å². The molecule has 1 saturated carbocycles. The van der Waals surface area contributed by atoms with Crippen molar-refractivity contribution in [2.45, 2.75) is 38.3 Å². The van der Waals surface area contributed by atoms with Crippen LogP contribution in [0.4, 0.5) is 5.82 Å². The highest BCUT2D eigenvalue weighted by atomic mass is 16.4. The number of rotatable bonds is 5. The highest BCUT2D eigenvalue weighted by molar-refractivity contribution is 5.93. The lowest BCUT2D eigenvalue weighted by atomic mass is 10.1. The number of anilines is 1. The Morgan fingerprint density at radius 2 is 2.20 bits per heavy atom. The van der Waals surface area contributed by atoms with Gasteiger partial charge in [0.1, 0.15) is 17.1 Å². The summed E-state index contributed by atoms with van der Waals surface area (Å²) in [6.07, 6.45) is 5.58. The van der Waals surface area contributed by atoms with E-state index in [0.29, 0.717) is 17.4 Å². The maximum absolute atomic E-state index is 11.7. The number of aromatic carboxylic acids is 1. The maximum atomic E-state index is 11.7. The Kier molecular flexibility index (Phi) is 4.21. The highest BCUT2D eigenvalue weighted by Gasteiger charge is 2.31. The standard InChI is InChI=1S/C19H23N3O3/c1-21(14-4-5-14)18-16(19(23)24)11-13-6-8-22(9-7-17(13)20-18)12-15-3-2-10-25-15/h2-3,10-11,14H,4-9,12H2,1H3,(H,23,24). The molecule has 6 heteroatoms. The van der Waals surface area contributed by atoms with Crippen molar-refractivity contribution < 1.29 is 14.3 Å². The van der Waals surface area contributed by atoms with Gasteiger partial charge in [0.15, 0.2) is 0 Å². The molecule has 25 heavy (non-hydrogen) atoms. The summed E-state index contributed by atoms with van der Waals surface area (Å²) in [5.41, 5.74) is 2.43. The van der Waals surface area contributed by atoms with Crippen LogP contribution >= 0.6 is 0 Å². The van der Waals surface area contributed by atoms with Gasteiger partial charge in [-0.2, -0.15) is 0 Å². The van der Waals surface area contributed by atoms with Gasteiger partial charge in [0.25, 0.3) is 0 Å². The minimum atomic E-state index is -0.894. The SMILES string of the molecule is CN(c1nc2c(cc1C(=O)O)CCN(Cc1ccco1)CC2)C1CC1. The second kappa shape index (κ2) is 6.52. The first-order chi connectivity index (χ1) is 12.1. The molecule has 1 N–H and O–H groups in total. The van der Waals surface area contributed by atoms with E-state index in [1.54, 1.807) is 6.26 Å². The number of nitrogens with zero attached hydrogens (tertiary/aromatic N) is 3. The predicted octanol–water partition coefficient (Wildman–Crippen LogP) is 2.57. The molecule has 4 rings (SSSR count). The van der Waals surface area contributed by atoms with E-state index in [1.165, 1.54) is 0 Å². The van der Waals surface area contributed by atoms with Crippen molar-refractivity contribution >= 4 is 11.8 Å². The molecule has 0 unspecified atom stereocenters. The first kappa shape index (κ1) is 16.1. The van der Waals surface area contributed by atoms with E-state index in [1.807, 2.05) is 30.1 Å². The van der Waals surface area contributed by atoms with Crippen LogP contribution in [0.3, 0.4) is 0 Å². The monoisotopic (exact) mass is 341 g/mol. The molecule has 0 saturated heterocycles. The molecule has 0 radical (unpaired) electrons. The number of fused-ring (bicyclic) bond motifs is 1. The van der Waals surface area contributed by atoms with Crippen LogP contribution in [0.5, 0.6) is 0 Å². The smallest absolute Gasteiger partial charge is 0.339 e. The first-order valence-electron chi connectivity index (χ1n) is 8.85. The van der Waals surface area contributed by atoms with E-state index in [-0.39, 0.29) is 0 Å². The van der Waals surface area contributed by atoms with Crippen molar-refractivity contribution in [1.29, 1.82) is 0 Å². The molecule has 0 bridgehead atoms.